The summed E-state index contributed by atoms with van der Waals surface area (Å²) in [5.74, 6) is 1.26. The SMILES string of the molecule is COc1cc2c(c(OC)c1OC)-c1cc3c(CC(=O)NCc4ccccn4)c(-c4ccccc4)oc3c(=O)cc1C(NC(C)=O)CC2. The number of rotatable bonds is 9. The predicted molar refractivity (Wildman–Crippen MR) is 178 cm³/mol. The van der Waals surface area contributed by atoms with Crippen LogP contribution < -0.4 is 30.3 Å². The molecule has 10 heteroatoms. The Hall–Kier alpha value is -5.64. The molecule has 2 heterocycles. The number of aromatic nitrogens is 1. The lowest BCUT2D eigenvalue weighted by Gasteiger charge is -2.20. The molecule has 10 nitrogen and oxygen atoms in total. The topological polar surface area (TPSA) is 129 Å². The Morgan fingerprint density at radius 1 is 0.957 bits per heavy atom. The van der Waals surface area contributed by atoms with Gasteiger partial charge in [0.15, 0.2) is 17.1 Å². The van der Waals surface area contributed by atoms with Crippen LogP contribution in [0.25, 0.3) is 33.4 Å². The van der Waals surface area contributed by atoms with Gasteiger partial charge in [-0.2, -0.15) is 0 Å². The minimum absolute atomic E-state index is 0.0622. The quantitative estimate of drug-likeness (QED) is 0.217. The van der Waals surface area contributed by atoms with Gasteiger partial charge in [-0.1, -0.05) is 36.4 Å². The molecule has 47 heavy (non-hydrogen) atoms. The molecule has 1 aliphatic carbocycles. The van der Waals surface area contributed by atoms with Gasteiger partial charge in [0.25, 0.3) is 0 Å². The van der Waals surface area contributed by atoms with E-state index in [-0.39, 0.29) is 35.8 Å². The number of methoxy groups -OCH3 is 3. The summed E-state index contributed by atoms with van der Waals surface area (Å²) < 4.78 is 23.7. The first-order valence-electron chi connectivity index (χ1n) is 15.3. The number of fused-ring (bicyclic) bond motifs is 4. The molecular weight excluding hydrogens is 598 g/mol. The third kappa shape index (κ3) is 6.14. The van der Waals surface area contributed by atoms with Crippen molar-refractivity contribution >= 4 is 22.8 Å². The highest BCUT2D eigenvalue weighted by Crippen LogP contribution is 2.51. The van der Waals surface area contributed by atoms with Gasteiger partial charge in [0.1, 0.15) is 5.76 Å². The fourth-order valence-corrected chi connectivity index (χ4v) is 6.29. The summed E-state index contributed by atoms with van der Waals surface area (Å²) in [6.07, 6.45) is 2.68. The average Bonchev–Trinajstić information content (AvgIpc) is 3.28. The Balaban J connectivity index is 1.63. The summed E-state index contributed by atoms with van der Waals surface area (Å²) in [5, 5.41) is 6.46. The summed E-state index contributed by atoms with van der Waals surface area (Å²) in [4.78, 5) is 44.3. The zero-order chi connectivity index (χ0) is 33.1. The highest BCUT2D eigenvalue weighted by Gasteiger charge is 2.31. The molecule has 2 N–H and O–H groups in total. The van der Waals surface area contributed by atoms with Crippen molar-refractivity contribution in [2.75, 3.05) is 21.3 Å². The maximum atomic E-state index is 14.1. The van der Waals surface area contributed by atoms with E-state index in [1.165, 1.54) is 20.1 Å². The van der Waals surface area contributed by atoms with E-state index < -0.39 is 6.04 Å². The van der Waals surface area contributed by atoms with Crippen LogP contribution >= 0.6 is 0 Å². The van der Waals surface area contributed by atoms with Crippen LogP contribution in [0, 0.1) is 0 Å². The van der Waals surface area contributed by atoms with Crippen molar-refractivity contribution in [2.24, 2.45) is 0 Å². The van der Waals surface area contributed by atoms with Gasteiger partial charge >= 0.3 is 0 Å². The van der Waals surface area contributed by atoms with Gasteiger partial charge in [-0.25, -0.2) is 0 Å². The molecule has 1 atom stereocenters. The molecule has 6 rings (SSSR count). The van der Waals surface area contributed by atoms with E-state index in [2.05, 4.69) is 15.6 Å². The van der Waals surface area contributed by atoms with Gasteiger partial charge in [-0.3, -0.25) is 19.4 Å². The number of nitrogens with one attached hydrogen (secondary N) is 2. The first kappa shape index (κ1) is 31.3. The Morgan fingerprint density at radius 2 is 1.72 bits per heavy atom. The average molecular weight is 634 g/mol. The van der Waals surface area contributed by atoms with Crippen molar-refractivity contribution in [2.45, 2.75) is 38.8 Å². The number of hydrogen-bond acceptors (Lipinski definition) is 8. The maximum Gasteiger partial charge on any atom is 0.224 e. The Labute approximate surface area is 271 Å². The molecule has 0 radical (unpaired) electrons. The molecule has 0 saturated heterocycles. The van der Waals surface area contributed by atoms with Crippen LogP contribution in [0.5, 0.6) is 17.2 Å². The van der Waals surface area contributed by atoms with Crippen LogP contribution in [0.2, 0.25) is 0 Å². The van der Waals surface area contributed by atoms with Gasteiger partial charge in [0.2, 0.25) is 23.0 Å². The van der Waals surface area contributed by atoms with E-state index in [1.54, 1.807) is 20.4 Å². The predicted octanol–water partition coefficient (Wildman–Crippen LogP) is 5.53. The van der Waals surface area contributed by atoms with Gasteiger partial charge in [0, 0.05) is 35.2 Å². The van der Waals surface area contributed by atoms with Gasteiger partial charge in [-0.05, 0) is 59.9 Å². The summed E-state index contributed by atoms with van der Waals surface area (Å²) in [7, 11) is 4.64. The molecule has 0 bridgehead atoms. The number of hydrogen-bond donors (Lipinski definition) is 2. The number of aryl methyl sites for hydroxylation is 1. The van der Waals surface area contributed by atoms with Crippen LogP contribution in [0.4, 0.5) is 0 Å². The fourth-order valence-electron chi connectivity index (χ4n) is 6.29. The molecule has 0 spiro atoms. The number of benzene rings is 2. The number of carbonyl (C=O) groups excluding carboxylic acids is 2. The summed E-state index contributed by atoms with van der Waals surface area (Å²) >= 11 is 0. The Kier molecular flexibility index (Phi) is 8.92. The van der Waals surface area contributed by atoms with E-state index >= 15 is 0 Å². The second kappa shape index (κ2) is 13.4. The zero-order valence-electron chi connectivity index (χ0n) is 26.6. The number of nitrogens with zero attached hydrogens (tertiary/aromatic N) is 1. The van der Waals surface area contributed by atoms with Crippen LogP contribution in [0.3, 0.4) is 0 Å². The lowest BCUT2D eigenvalue weighted by molar-refractivity contribution is -0.121. The number of amides is 2. The highest BCUT2D eigenvalue weighted by molar-refractivity contribution is 5.96. The second-order valence-corrected chi connectivity index (χ2v) is 11.3. The van der Waals surface area contributed by atoms with E-state index in [0.717, 1.165) is 16.8 Å². The Morgan fingerprint density at radius 3 is 2.40 bits per heavy atom. The number of furan rings is 1. The molecule has 3 aromatic carbocycles. The largest absolute Gasteiger partial charge is 0.493 e. The number of carbonyl (C=O) groups is 2. The number of pyridine rings is 1. The van der Waals surface area contributed by atoms with E-state index in [1.807, 2.05) is 60.7 Å². The highest BCUT2D eigenvalue weighted by atomic mass is 16.5. The smallest absolute Gasteiger partial charge is 0.224 e. The number of ether oxygens (including phenoxy) is 3. The standard InChI is InChI=1S/C37H35N3O7/c1-21(41)40-29-14-13-23-16-31(44-2)36(45-3)37(46-4)33(23)26-17-27-28(19-32(43)39-20-24-12-8-9-15-38-24)34(22-10-6-5-7-11-22)47-35(27)30(42)18-25(26)29/h5-12,15-18,29H,13-14,19-20H2,1-4H3,(H,39,43)(H,40,41). The van der Waals surface area contributed by atoms with Crippen LogP contribution in [-0.4, -0.2) is 38.1 Å². The first-order valence-corrected chi connectivity index (χ1v) is 15.3. The van der Waals surface area contributed by atoms with Crippen molar-refractivity contribution < 1.29 is 28.2 Å². The molecule has 2 aromatic heterocycles. The minimum Gasteiger partial charge on any atom is -0.493 e. The van der Waals surface area contributed by atoms with Crippen molar-refractivity contribution in [1.29, 1.82) is 0 Å². The van der Waals surface area contributed by atoms with Gasteiger partial charge < -0.3 is 29.3 Å². The monoisotopic (exact) mass is 633 g/mol. The van der Waals surface area contributed by atoms with Crippen LogP contribution in [-0.2, 0) is 29.0 Å². The van der Waals surface area contributed by atoms with E-state index in [0.29, 0.717) is 63.5 Å². The molecule has 2 amide bonds. The lowest BCUT2D eigenvalue weighted by Crippen LogP contribution is -2.26. The molecular formula is C37H35N3O7. The van der Waals surface area contributed by atoms with Crippen molar-refractivity contribution in [1.82, 2.24) is 15.6 Å². The van der Waals surface area contributed by atoms with Crippen LogP contribution in [0.1, 0.15) is 41.8 Å². The summed E-state index contributed by atoms with van der Waals surface area (Å²) in [6, 6.07) is 19.7. The normalized spacial score (nSPS) is 13.6. The molecule has 240 valence electrons. The molecule has 1 unspecified atom stereocenters. The fraction of sp³-hybridized carbons (Fsp3) is 0.243. The van der Waals surface area contributed by atoms with Gasteiger partial charge in [-0.15, -0.1) is 0 Å². The van der Waals surface area contributed by atoms with E-state index in [9.17, 15) is 14.4 Å². The molecule has 1 aliphatic rings. The van der Waals surface area contributed by atoms with Gasteiger partial charge in [0.05, 0.1) is 46.0 Å². The third-order valence-corrected chi connectivity index (χ3v) is 8.36. The maximum absolute atomic E-state index is 14.1. The Bertz CT molecular complexity index is 2020. The summed E-state index contributed by atoms with van der Waals surface area (Å²) in [5.41, 5.74) is 4.58. The molecule has 0 aliphatic heterocycles. The summed E-state index contributed by atoms with van der Waals surface area (Å²) in [6.45, 7) is 1.70. The molecule has 5 aromatic rings. The third-order valence-electron chi connectivity index (χ3n) is 8.36. The lowest BCUT2D eigenvalue weighted by atomic mass is 9.94. The van der Waals surface area contributed by atoms with Crippen molar-refractivity contribution in [3.05, 3.63) is 106 Å². The molecule has 0 saturated carbocycles. The molecule has 0 fully saturated rings. The van der Waals surface area contributed by atoms with Crippen molar-refractivity contribution in [3.8, 4) is 39.7 Å². The second-order valence-electron chi connectivity index (χ2n) is 11.3. The zero-order valence-corrected chi connectivity index (χ0v) is 26.6. The minimum atomic E-state index is -0.487. The van der Waals surface area contributed by atoms with Crippen LogP contribution in [0.15, 0.2) is 82.1 Å². The van der Waals surface area contributed by atoms with E-state index in [4.69, 9.17) is 18.6 Å². The first-order chi connectivity index (χ1) is 22.8. The van der Waals surface area contributed by atoms with Crippen molar-refractivity contribution in [3.63, 3.8) is 0 Å².